The van der Waals surface area contributed by atoms with Crippen LogP contribution in [0.2, 0.25) is 0 Å². The molecule has 12 N–H and O–H groups in total. The van der Waals surface area contributed by atoms with Crippen molar-refractivity contribution in [2.24, 2.45) is 33.8 Å². The third kappa shape index (κ3) is 14.3. The molecule has 0 rings (SSSR count). The zero-order valence-electron chi connectivity index (χ0n) is 21.7. The molecule has 0 aromatic carbocycles. The summed E-state index contributed by atoms with van der Waals surface area (Å²) in [5, 5.41) is 17.2. The normalized spacial score (nSPS) is 14.8. The minimum absolute atomic E-state index is 0.0124. The Balaban J connectivity index is 5.63. The quantitative estimate of drug-likeness (QED) is 0.0500. The van der Waals surface area contributed by atoms with Crippen LogP contribution in [0.15, 0.2) is 4.99 Å². The summed E-state index contributed by atoms with van der Waals surface area (Å²) < 4.78 is 0. The highest BCUT2D eigenvalue weighted by molar-refractivity contribution is 7.98. The smallest absolute Gasteiger partial charge is 0.326 e. The maximum absolute atomic E-state index is 13.2. The molecule has 5 atom stereocenters. The zero-order valence-corrected chi connectivity index (χ0v) is 22.5. The number of aliphatic imine (C=N–C) groups is 1. The number of hydrogen-bond acceptors (Lipinski definition) is 8. The van der Waals surface area contributed by atoms with Crippen molar-refractivity contribution < 1.29 is 29.1 Å². The van der Waals surface area contributed by atoms with Crippen molar-refractivity contribution in [2.75, 3.05) is 18.6 Å². The first-order valence-corrected chi connectivity index (χ1v) is 13.4. The Kier molecular flexibility index (Phi) is 16.7. The Morgan fingerprint density at radius 3 is 2.05 bits per heavy atom. The van der Waals surface area contributed by atoms with Gasteiger partial charge in [0.25, 0.3) is 0 Å². The van der Waals surface area contributed by atoms with Crippen LogP contribution in [0.4, 0.5) is 0 Å². The molecule has 0 aliphatic rings. The van der Waals surface area contributed by atoms with Gasteiger partial charge in [0.15, 0.2) is 5.96 Å². The number of carbonyl (C=O) groups is 5. The van der Waals surface area contributed by atoms with Crippen molar-refractivity contribution in [3.63, 3.8) is 0 Å². The van der Waals surface area contributed by atoms with E-state index in [1.165, 1.54) is 11.8 Å². The predicted molar refractivity (Wildman–Crippen MR) is 142 cm³/mol. The zero-order chi connectivity index (χ0) is 28.5. The van der Waals surface area contributed by atoms with Gasteiger partial charge in [0.1, 0.15) is 18.1 Å². The molecule has 0 saturated heterocycles. The number of amides is 4. The monoisotopic (exact) mass is 546 g/mol. The molecule has 0 fully saturated rings. The number of primary amides is 1. The van der Waals surface area contributed by atoms with Gasteiger partial charge in [-0.2, -0.15) is 11.8 Å². The van der Waals surface area contributed by atoms with E-state index < -0.39 is 53.8 Å². The van der Waals surface area contributed by atoms with Crippen LogP contribution < -0.4 is 38.9 Å². The van der Waals surface area contributed by atoms with Crippen molar-refractivity contribution in [1.82, 2.24) is 16.0 Å². The summed E-state index contributed by atoms with van der Waals surface area (Å²) >= 11 is 1.44. The van der Waals surface area contributed by atoms with Gasteiger partial charge in [-0.25, -0.2) is 4.79 Å². The molecule has 14 nitrogen and oxygen atoms in total. The van der Waals surface area contributed by atoms with E-state index >= 15 is 0 Å². The average Bonchev–Trinajstić information content (AvgIpc) is 2.83. The van der Waals surface area contributed by atoms with E-state index in [4.69, 9.17) is 22.9 Å². The highest BCUT2D eigenvalue weighted by Crippen LogP contribution is 2.11. The summed E-state index contributed by atoms with van der Waals surface area (Å²) in [6.07, 6.45) is 2.89. The number of carboxylic acids is 1. The van der Waals surface area contributed by atoms with Gasteiger partial charge < -0.3 is 44.0 Å². The fraction of sp³-hybridized carbons (Fsp3) is 0.727. The number of carboxylic acid groups (broad SMARTS) is 1. The number of guanidine groups is 1. The summed E-state index contributed by atoms with van der Waals surface area (Å²) in [6, 6.07) is -4.33. The van der Waals surface area contributed by atoms with E-state index in [0.29, 0.717) is 18.6 Å². The van der Waals surface area contributed by atoms with E-state index in [0.717, 1.165) is 0 Å². The lowest BCUT2D eigenvalue weighted by atomic mass is 9.96. The summed E-state index contributed by atoms with van der Waals surface area (Å²) in [5.74, 6) is -3.70. The first-order chi connectivity index (χ1) is 17.3. The van der Waals surface area contributed by atoms with Gasteiger partial charge in [0, 0.05) is 13.0 Å². The summed E-state index contributed by atoms with van der Waals surface area (Å²) in [6.45, 7) is 3.76. The van der Waals surface area contributed by atoms with Gasteiger partial charge in [-0.1, -0.05) is 20.3 Å². The Labute approximate surface area is 221 Å². The van der Waals surface area contributed by atoms with Gasteiger partial charge in [0.2, 0.25) is 23.6 Å². The Morgan fingerprint density at radius 1 is 0.919 bits per heavy atom. The molecule has 0 aliphatic heterocycles. The second-order valence-electron chi connectivity index (χ2n) is 8.67. The molecule has 0 radical (unpaired) electrons. The van der Waals surface area contributed by atoms with E-state index in [-0.39, 0.29) is 44.1 Å². The fourth-order valence-electron chi connectivity index (χ4n) is 3.19. The van der Waals surface area contributed by atoms with Crippen LogP contribution in [0.25, 0.3) is 0 Å². The van der Waals surface area contributed by atoms with Gasteiger partial charge in [0.05, 0.1) is 6.04 Å². The molecule has 0 spiro atoms. The lowest BCUT2D eigenvalue weighted by Gasteiger charge is -2.28. The number of carbonyl (C=O) groups excluding carboxylic acids is 4. The number of aliphatic carboxylic acids is 1. The molecule has 0 aliphatic carbocycles. The second kappa shape index (κ2) is 18.2. The number of hydrogen-bond donors (Lipinski definition) is 8. The van der Waals surface area contributed by atoms with Gasteiger partial charge in [-0.05, 0) is 43.6 Å². The first kappa shape index (κ1) is 33.9. The van der Waals surface area contributed by atoms with Crippen molar-refractivity contribution in [2.45, 2.75) is 76.5 Å². The van der Waals surface area contributed by atoms with Gasteiger partial charge in [-0.3, -0.25) is 24.2 Å². The minimum atomic E-state index is -1.19. The van der Waals surface area contributed by atoms with Crippen molar-refractivity contribution in [1.29, 1.82) is 0 Å². The van der Waals surface area contributed by atoms with Crippen LogP contribution in [0.3, 0.4) is 0 Å². The molecule has 0 aromatic rings. The maximum atomic E-state index is 13.2. The van der Waals surface area contributed by atoms with Crippen molar-refractivity contribution >= 4 is 47.3 Å². The number of thioether (sulfide) groups is 1. The van der Waals surface area contributed by atoms with E-state index in [2.05, 4.69) is 20.9 Å². The fourth-order valence-corrected chi connectivity index (χ4v) is 3.66. The van der Waals surface area contributed by atoms with Crippen molar-refractivity contribution in [3.05, 3.63) is 0 Å². The molecule has 0 saturated carbocycles. The molecule has 5 unspecified atom stereocenters. The maximum Gasteiger partial charge on any atom is 0.326 e. The number of nitrogens with one attached hydrogen (secondary N) is 3. The molecule has 0 heterocycles. The second-order valence-corrected chi connectivity index (χ2v) is 9.66. The molecule has 15 heteroatoms. The van der Waals surface area contributed by atoms with Gasteiger partial charge >= 0.3 is 5.97 Å². The first-order valence-electron chi connectivity index (χ1n) is 12.1. The third-order valence-electron chi connectivity index (χ3n) is 5.64. The largest absolute Gasteiger partial charge is 0.480 e. The van der Waals surface area contributed by atoms with Crippen molar-refractivity contribution in [3.8, 4) is 0 Å². The Hall–Kier alpha value is -3.07. The molecule has 4 amide bonds. The van der Waals surface area contributed by atoms with Gasteiger partial charge in [-0.15, -0.1) is 0 Å². The standard InChI is InChI=1S/C22H42N8O6S/c1-4-12(2)17(30-18(32)13(23)7-8-16(24)31)20(34)28-14(6-5-10-27-22(25)26)19(33)29-15(21(35)36)9-11-37-3/h12-15,17H,4-11,23H2,1-3H3,(H2,24,31)(H,28,34)(H,29,33)(H,30,32)(H,35,36)(H4,25,26,27). The average molecular weight is 547 g/mol. The van der Waals surface area contributed by atoms with Crippen LogP contribution >= 0.6 is 11.8 Å². The molecule has 212 valence electrons. The Morgan fingerprint density at radius 2 is 1.54 bits per heavy atom. The van der Waals surface area contributed by atoms with E-state index in [1.807, 2.05) is 13.2 Å². The molecular formula is C22H42N8O6S. The van der Waals surface area contributed by atoms with Crippen LogP contribution in [-0.4, -0.2) is 83.4 Å². The summed E-state index contributed by atoms with van der Waals surface area (Å²) in [5.41, 5.74) is 21.6. The molecule has 37 heavy (non-hydrogen) atoms. The summed E-state index contributed by atoms with van der Waals surface area (Å²) in [7, 11) is 0. The summed E-state index contributed by atoms with van der Waals surface area (Å²) in [4.78, 5) is 65.2. The Bertz CT molecular complexity index is 808. The van der Waals surface area contributed by atoms with E-state index in [1.54, 1.807) is 6.92 Å². The highest BCUT2D eigenvalue weighted by atomic mass is 32.2. The topological polar surface area (TPSA) is 258 Å². The highest BCUT2D eigenvalue weighted by Gasteiger charge is 2.32. The third-order valence-corrected chi connectivity index (χ3v) is 6.28. The number of nitrogens with two attached hydrogens (primary N) is 4. The van der Waals surface area contributed by atoms with Crippen LogP contribution in [-0.2, 0) is 24.0 Å². The lowest BCUT2D eigenvalue weighted by Crippen LogP contribution is -2.58. The molecule has 0 aromatic heterocycles. The minimum Gasteiger partial charge on any atom is -0.480 e. The molecular weight excluding hydrogens is 504 g/mol. The van der Waals surface area contributed by atoms with Crippen LogP contribution in [0, 0.1) is 5.92 Å². The van der Waals surface area contributed by atoms with Crippen LogP contribution in [0.5, 0.6) is 0 Å². The molecule has 0 bridgehead atoms. The lowest BCUT2D eigenvalue weighted by molar-refractivity contribution is -0.142. The van der Waals surface area contributed by atoms with E-state index in [9.17, 15) is 29.1 Å². The van der Waals surface area contributed by atoms with Crippen LogP contribution in [0.1, 0.15) is 52.4 Å². The number of rotatable bonds is 19. The number of nitrogens with zero attached hydrogens (tertiary/aromatic N) is 1. The SMILES string of the molecule is CCC(C)C(NC(=O)C(N)CCC(N)=O)C(=O)NC(CCCN=C(N)N)C(=O)NC(CCSC)C(=O)O. The predicted octanol–water partition coefficient (Wildman–Crippen LogP) is -2.03.